The number of phenolic OH excluding ortho intramolecular Hbond substituents is 1. The van der Waals surface area contributed by atoms with E-state index in [0.717, 1.165) is 12.1 Å². The first-order valence-corrected chi connectivity index (χ1v) is 7.26. The van der Waals surface area contributed by atoms with Crippen molar-refractivity contribution in [3.8, 4) is 11.5 Å². The number of phenols is 1. The van der Waals surface area contributed by atoms with E-state index in [4.69, 9.17) is 10.2 Å². The molecule has 0 unspecified atom stereocenters. The first kappa shape index (κ1) is 17.8. The van der Waals surface area contributed by atoms with E-state index >= 15 is 0 Å². The fourth-order valence-electron chi connectivity index (χ4n) is 1.28. The fraction of sp³-hybridized carbons (Fsp3) is 0.0769. The van der Waals surface area contributed by atoms with Crippen molar-refractivity contribution in [1.29, 1.82) is 0 Å². The molecule has 22 heavy (non-hydrogen) atoms. The zero-order valence-electron chi connectivity index (χ0n) is 11.0. The number of rotatable bonds is 2. The van der Waals surface area contributed by atoms with Crippen LogP contribution in [-0.4, -0.2) is 19.9 Å². The summed E-state index contributed by atoms with van der Waals surface area (Å²) in [4.78, 5) is 0.148. The SMILES string of the molecule is NS(=O)(=O)c1ccccc1.Oc1ccccc1OC(F)(F)F. The molecule has 0 atom stereocenters. The molecule has 0 aromatic heterocycles. The Balaban J connectivity index is 0.000000224. The van der Waals surface area contributed by atoms with Gasteiger partial charge in [-0.05, 0) is 24.3 Å². The van der Waals surface area contributed by atoms with Gasteiger partial charge in [0.2, 0.25) is 10.0 Å². The molecule has 0 saturated carbocycles. The number of primary sulfonamides is 1. The third kappa shape index (κ3) is 6.46. The van der Waals surface area contributed by atoms with E-state index in [-0.39, 0.29) is 4.90 Å². The van der Waals surface area contributed by atoms with Crippen molar-refractivity contribution in [2.75, 3.05) is 0 Å². The first-order chi connectivity index (χ1) is 10.1. The standard InChI is InChI=1S/C7H5F3O2.C6H7NO2S/c8-7(9,10)12-6-4-2-1-3-5(6)11;7-10(8,9)6-4-2-1-3-5-6/h1-4,11H;1-5H,(H2,7,8,9). The Morgan fingerprint density at radius 1 is 0.955 bits per heavy atom. The molecule has 0 amide bonds. The van der Waals surface area contributed by atoms with Crippen LogP contribution in [0.15, 0.2) is 59.5 Å². The summed E-state index contributed by atoms with van der Waals surface area (Å²) in [6.07, 6.45) is -4.77. The fourth-order valence-corrected chi connectivity index (χ4v) is 1.81. The third-order valence-electron chi connectivity index (χ3n) is 2.16. The highest BCUT2D eigenvalue weighted by atomic mass is 32.2. The molecule has 0 aliphatic rings. The second-order valence-electron chi connectivity index (χ2n) is 3.87. The molecule has 0 radical (unpaired) electrons. The molecule has 9 heteroatoms. The molecule has 120 valence electrons. The summed E-state index contributed by atoms with van der Waals surface area (Å²) < 4.78 is 59.5. The van der Waals surface area contributed by atoms with Gasteiger partial charge in [0, 0.05) is 0 Å². The van der Waals surface area contributed by atoms with Crippen molar-refractivity contribution < 1.29 is 31.4 Å². The molecule has 0 fully saturated rings. The van der Waals surface area contributed by atoms with Gasteiger partial charge < -0.3 is 9.84 Å². The lowest BCUT2D eigenvalue weighted by Crippen LogP contribution is -2.17. The highest BCUT2D eigenvalue weighted by Gasteiger charge is 2.31. The van der Waals surface area contributed by atoms with Crippen LogP contribution < -0.4 is 9.88 Å². The summed E-state index contributed by atoms with van der Waals surface area (Å²) in [7, 11) is -3.50. The van der Waals surface area contributed by atoms with Gasteiger partial charge in [0.25, 0.3) is 0 Å². The van der Waals surface area contributed by atoms with Gasteiger partial charge in [-0.15, -0.1) is 13.2 Å². The third-order valence-corrected chi connectivity index (χ3v) is 3.09. The van der Waals surface area contributed by atoms with Crippen molar-refractivity contribution in [3.05, 3.63) is 54.6 Å². The second kappa shape index (κ2) is 7.14. The lowest BCUT2D eigenvalue weighted by molar-refractivity contribution is -0.275. The Bertz CT molecular complexity index is 703. The average molecular weight is 335 g/mol. The van der Waals surface area contributed by atoms with Gasteiger partial charge >= 0.3 is 6.36 Å². The molecule has 0 heterocycles. The molecule has 2 aromatic carbocycles. The molecule has 0 aliphatic carbocycles. The predicted octanol–water partition coefficient (Wildman–Crippen LogP) is 2.62. The average Bonchev–Trinajstić information content (AvgIpc) is 2.41. The molecular weight excluding hydrogens is 323 g/mol. The zero-order chi connectivity index (χ0) is 16.8. The highest BCUT2D eigenvalue weighted by molar-refractivity contribution is 7.89. The molecule has 2 rings (SSSR count). The number of halogens is 3. The summed E-state index contributed by atoms with van der Waals surface area (Å²) in [5.74, 6) is -1.13. The van der Waals surface area contributed by atoms with Gasteiger partial charge in [-0.1, -0.05) is 30.3 Å². The number of alkyl halides is 3. The van der Waals surface area contributed by atoms with E-state index in [1.807, 2.05) is 0 Å². The summed E-state index contributed by atoms with van der Waals surface area (Å²) in [6, 6.07) is 12.8. The Kier molecular flexibility index (Phi) is 5.77. The Labute approximate surface area is 124 Å². The maximum Gasteiger partial charge on any atom is 0.573 e. The van der Waals surface area contributed by atoms with Crippen LogP contribution in [0.3, 0.4) is 0 Å². The number of ether oxygens (including phenoxy) is 1. The maximum absolute atomic E-state index is 11.6. The molecule has 0 bridgehead atoms. The quantitative estimate of drug-likeness (QED) is 0.883. The normalized spacial score (nSPS) is 11.3. The molecule has 5 nitrogen and oxygen atoms in total. The van der Waals surface area contributed by atoms with Crippen LogP contribution in [-0.2, 0) is 10.0 Å². The monoisotopic (exact) mass is 335 g/mol. The molecule has 2 aromatic rings. The predicted molar refractivity (Wildman–Crippen MR) is 72.6 cm³/mol. The highest BCUT2D eigenvalue weighted by Crippen LogP contribution is 2.30. The number of hydrogen-bond acceptors (Lipinski definition) is 4. The number of para-hydroxylation sites is 2. The molecule has 0 aliphatic heterocycles. The summed E-state index contributed by atoms with van der Waals surface area (Å²) in [6.45, 7) is 0. The lowest BCUT2D eigenvalue weighted by atomic mass is 10.3. The number of sulfonamides is 1. The van der Waals surface area contributed by atoms with Crippen molar-refractivity contribution in [3.63, 3.8) is 0 Å². The second-order valence-corrected chi connectivity index (χ2v) is 5.44. The Morgan fingerprint density at radius 2 is 1.45 bits per heavy atom. The van der Waals surface area contributed by atoms with Gasteiger partial charge in [0.15, 0.2) is 11.5 Å². The van der Waals surface area contributed by atoms with E-state index in [1.165, 1.54) is 24.3 Å². The lowest BCUT2D eigenvalue weighted by Gasteiger charge is -2.09. The minimum absolute atomic E-state index is 0.148. The zero-order valence-corrected chi connectivity index (χ0v) is 11.8. The van der Waals surface area contributed by atoms with Crippen LogP contribution in [0.5, 0.6) is 11.5 Å². The van der Waals surface area contributed by atoms with Crippen molar-refractivity contribution in [2.24, 2.45) is 5.14 Å². The van der Waals surface area contributed by atoms with Crippen LogP contribution in [0.25, 0.3) is 0 Å². The van der Waals surface area contributed by atoms with Gasteiger partial charge in [0.05, 0.1) is 4.90 Å². The van der Waals surface area contributed by atoms with E-state index < -0.39 is 27.9 Å². The smallest absolute Gasteiger partial charge is 0.504 e. The summed E-state index contributed by atoms with van der Waals surface area (Å²) in [5, 5.41) is 13.7. The van der Waals surface area contributed by atoms with Crippen LogP contribution in [0.1, 0.15) is 0 Å². The van der Waals surface area contributed by atoms with Gasteiger partial charge in [-0.25, -0.2) is 13.6 Å². The van der Waals surface area contributed by atoms with Crippen molar-refractivity contribution in [1.82, 2.24) is 0 Å². The molecule has 0 saturated heterocycles. The van der Waals surface area contributed by atoms with Crippen LogP contribution in [0.2, 0.25) is 0 Å². The maximum atomic E-state index is 11.6. The van der Waals surface area contributed by atoms with Gasteiger partial charge in [-0.3, -0.25) is 0 Å². The Hall–Kier alpha value is -2.26. The number of aromatic hydroxyl groups is 1. The molecular formula is C13H12F3NO4S. The molecule has 3 N–H and O–H groups in total. The van der Waals surface area contributed by atoms with Crippen molar-refractivity contribution >= 4 is 10.0 Å². The molecule has 0 spiro atoms. The summed E-state index contributed by atoms with van der Waals surface area (Å²) in [5.41, 5.74) is 0. The topological polar surface area (TPSA) is 89.6 Å². The van der Waals surface area contributed by atoms with Crippen molar-refractivity contribution in [2.45, 2.75) is 11.3 Å². The van der Waals surface area contributed by atoms with E-state index in [9.17, 15) is 21.6 Å². The van der Waals surface area contributed by atoms with Crippen LogP contribution >= 0.6 is 0 Å². The summed E-state index contributed by atoms with van der Waals surface area (Å²) >= 11 is 0. The Morgan fingerprint density at radius 3 is 1.86 bits per heavy atom. The largest absolute Gasteiger partial charge is 0.573 e. The minimum atomic E-state index is -4.77. The van der Waals surface area contributed by atoms with Gasteiger partial charge in [-0.2, -0.15) is 0 Å². The van der Waals surface area contributed by atoms with E-state index in [2.05, 4.69) is 4.74 Å². The number of benzene rings is 2. The first-order valence-electron chi connectivity index (χ1n) is 5.71. The van der Waals surface area contributed by atoms with E-state index in [0.29, 0.717) is 0 Å². The number of hydrogen-bond donors (Lipinski definition) is 2. The van der Waals surface area contributed by atoms with Crippen LogP contribution in [0.4, 0.5) is 13.2 Å². The minimum Gasteiger partial charge on any atom is -0.504 e. The van der Waals surface area contributed by atoms with Gasteiger partial charge in [0.1, 0.15) is 0 Å². The number of nitrogens with two attached hydrogens (primary N) is 1. The van der Waals surface area contributed by atoms with E-state index in [1.54, 1.807) is 18.2 Å². The van der Waals surface area contributed by atoms with Crippen LogP contribution in [0, 0.1) is 0 Å².